The second-order valence-corrected chi connectivity index (χ2v) is 8.97. The number of amides is 1. The van der Waals surface area contributed by atoms with E-state index in [4.69, 9.17) is 4.74 Å². The Hall–Kier alpha value is -4.25. The first-order chi connectivity index (χ1) is 16.1. The molecule has 11 heteroatoms. The molecular formula is C23H21N3O7S. The second kappa shape index (κ2) is 10.1. The van der Waals surface area contributed by atoms with E-state index in [0.717, 1.165) is 5.56 Å². The number of aryl methyl sites for hydroxylation is 1. The van der Waals surface area contributed by atoms with Crippen LogP contribution in [0.3, 0.4) is 0 Å². The number of nitrogens with one attached hydrogen (secondary N) is 2. The topological polar surface area (TPSA) is 145 Å². The molecule has 3 aromatic carbocycles. The maximum Gasteiger partial charge on any atom is 0.338 e. The van der Waals surface area contributed by atoms with Crippen LogP contribution in [0.15, 0.2) is 77.7 Å². The number of non-ortho nitro benzene ring substituents is 1. The number of ether oxygens (including phenoxy) is 1. The molecule has 2 N–H and O–H groups in total. The van der Waals surface area contributed by atoms with Gasteiger partial charge in [-0.1, -0.05) is 18.2 Å². The van der Waals surface area contributed by atoms with Crippen LogP contribution >= 0.6 is 0 Å². The molecule has 0 aliphatic heterocycles. The standard InChI is InChI=1S/C23H21N3O7S/c1-15-5-3-4-6-21(15)25-34(31,32)20-13-7-17(8-14-20)23(28)33-16(2)22(27)24-18-9-11-19(12-10-18)26(29)30/h3-14,16,25H,1-2H3,(H,24,27). The molecule has 0 spiro atoms. The number of anilines is 2. The fraction of sp³-hybridized carbons (Fsp3) is 0.130. The number of nitro benzene ring substituents is 1. The average molecular weight is 484 g/mol. The van der Waals surface area contributed by atoms with Crippen LogP contribution in [0.25, 0.3) is 0 Å². The van der Waals surface area contributed by atoms with Gasteiger partial charge in [-0.15, -0.1) is 0 Å². The first-order valence-electron chi connectivity index (χ1n) is 10.0. The van der Waals surface area contributed by atoms with E-state index in [1.54, 1.807) is 31.2 Å². The van der Waals surface area contributed by atoms with Gasteiger partial charge in [0.1, 0.15) is 0 Å². The summed E-state index contributed by atoms with van der Waals surface area (Å²) in [6.07, 6.45) is -1.17. The maximum atomic E-state index is 12.6. The molecule has 0 aliphatic carbocycles. The van der Waals surface area contributed by atoms with Crippen molar-refractivity contribution in [3.8, 4) is 0 Å². The van der Waals surface area contributed by atoms with E-state index in [2.05, 4.69) is 10.0 Å². The van der Waals surface area contributed by atoms with Gasteiger partial charge in [0.05, 0.1) is 21.1 Å². The molecule has 3 aromatic rings. The quantitative estimate of drug-likeness (QED) is 0.281. The van der Waals surface area contributed by atoms with Gasteiger partial charge in [0, 0.05) is 17.8 Å². The number of hydrogen-bond donors (Lipinski definition) is 2. The lowest BCUT2D eigenvalue weighted by atomic mass is 10.2. The van der Waals surface area contributed by atoms with Crippen LogP contribution in [0.5, 0.6) is 0 Å². The number of hydrogen-bond acceptors (Lipinski definition) is 7. The molecule has 1 unspecified atom stereocenters. The highest BCUT2D eigenvalue weighted by Gasteiger charge is 2.21. The van der Waals surface area contributed by atoms with Crippen LogP contribution < -0.4 is 10.0 Å². The second-order valence-electron chi connectivity index (χ2n) is 7.29. The van der Waals surface area contributed by atoms with Crippen LogP contribution in [0.4, 0.5) is 17.1 Å². The number of nitro groups is 1. The van der Waals surface area contributed by atoms with E-state index >= 15 is 0 Å². The van der Waals surface area contributed by atoms with Crippen molar-refractivity contribution >= 4 is 39.0 Å². The summed E-state index contributed by atoms with van der Waals surface area (Å²) in [7, 11) is -3.87. The predicted octanol–water partition coefficient (Wildman–Crippen LogP) is 3.89. The fourth-order valence-electron chi connectivity index (χ4n) is 2.85. The third kappa shape index (κ3) is 5.95. The predicted molar refractivity (Wildman–Crippen MR) is 125 cm³/mol. The first-order valence-corrected chi connectivity index (χ1v) is 11.5. The number of para-hydroxylation sites is 1. The van der Waals surface area contributed by atoms with Crippen LogP contribution in [0.2, 0.25) is 0 Å². The van der Waals surface area contributed by atoms with Crippen molar-refractivity contribution in [3.05, 3.63) is 94.0 Å². The van der Waals surface area contributed by atoms with E-state index in [1.165, 1.54) is 55.5 Å². The van der Waals surface area contributed by atoms with Crippen molar-refractivity contribution in [1.82, 2.24) is 0 Å². The Morgan fingerprint density at radius 2 is 1.59 bits per heavy atom. The van der Waals surface area contributed by atoms with Crippen LogP contribution in [0.1, 0.15) is 22.8 Å². The molecule has 0 aromatic heterocycles. The third-order valence-electron chi connectivity index (χ3n) is 4.79. The Kier molecular flexibility index (Phi) is 7.27. The summed E-state index contributed by atoms with van der Waals surface area (Å²) in [6.45, 7) is 3.14. The molecule has 1 atom stereocenters. The highest BCUT2D eigenvalue weighted by molar-refractivity contribution is 7.92. The van der Waals surface area contributed by atoms with E-state index in [1.807, 2.05) is 0 Å². The Labute approximate surface area is 195 Å². The SMILES string of the molecule is Cc1ccccc1NS(=O)(=O)c1ccc(C(=O)OC(C)C(=O)Nc2ccc([N+](=O)[O-])cc2)cc1. The zero-order valence-corrected chi connectivity index (χ0v) is 19.0. The molecule has 0 radical (unpaired) electrons. The van der Waals surface area contributed by atoms with E-state index in [-0.39, 0.29) is 16.1 Å². The molecule has 0 bridgehead atoms. The third-order valence-corrected chi connectivity index (χ3v) is 6.17. The van der Waals surface area contributed by atoms with Gasteiger partial charge in [0.2, 0.25) is 0 Å². The summed E-state index contributed by atoms with van der Waals surface area (Å²) in [6, 6.07) is 17.2. The fourth-order valence-corrected chi connectivity index (χ4v) is 3.98. The van der Waals surface area contributed by atoms with Gasteiger partial charge in [0.25, 0.3) is 21.6 Å². The van der Waals surface area contributed by atoms with Gasteiger partial charge < -0.3 is 10.1 Å². The molecule has 0 fully saturated rings. The summed E-state index contributed by atoms with van der Waals surface area (Å²) in [5, 5.41) is 13.2. The Morgan fingerprint density at radius 3 is 2.18 bits per heavy atom. The van der Waals surface area contributed by atoms with Crippen LogP contribution in [-0.4, -0.2) is 31.3 Å². The monoisotopic (exact) mass is 483 g/mol. The van der Waals surface area contributed by atoms with Crippen molar-refractivity contribution in [2.45, 2.75) is 24.8 Å². The normalized spacial score (nSPS) is 11.8. The molecule has 3 rings (SSSR count). The molecule has 34 heavy (non-hydrogen) atoms. The van der Waals surface area contributed by atoms with E-state index in [9.17, 15) is 28.1 Å². The highest BCUT2D eigenvalue weighted by Crippen LogP contribution is 2.20. The molecule has 0 saturated carbocycles. The van der Waals surface area contributed by atoms with E-state index < -0.39 is 32.9 Å². The molecule has 1 amide bonds. The first kappa shape index (κ1) is 24.4. The maximum absolute atomic E-state index is 12.6. The smallest absolute Gasteiger partial charge is 0.338 e. The number of benzene rings is 3. The summed E-state index contributed by atoms with van der Waals surface area (Å²) >= 11 is 0. The van der Waals surface area contributed by atoms with Crippen molar-refractivity contribution in [2.75, 3.05) is 10.0 Å². The zero-order valence-electron chi connectivity index (χ0n) is 18.2. The summed E-state index contributed by atoms with van der Waals surface area (Å²) < 4.78 is 32.9. The van der Waals surface area contributed by atoms with Crippen molar-refractivity contribution in [3.63, 3.8) is 0 Å². The number of rotatable bonds is 8. The van der Waals surface area contributed by atoms with Gasteiger partial charge in [-0.05, 0) is 61.9 Å². The summed E-state index contributed by atoms with van der Waals surface area (Å²) in [4.78, 5) is 34.7. The lowest BCUT2D eigenvalue weighted by Crippen LogP contribution is -2.30. The molecule has 0 heterocycles. The van der Waals surface area contributed by atoms with Crippen molar-refractivity contribution in [2.24, 2.45) is 0 Å². The van der Waals surface area contributed by atoms with Gasteiger partial charge in [-0.25, -0.2) is 13.2 Å². The number of carbonyl (C=O) groups excluding carboxylic acids is 2. The highest BCUT2D eigenvalue weighted by atomic mass is 32.2. The zero-order chi connectivity index (χ0) is 24.9. The minimum Gasteiger partial charge on any atom is -0.449 e. The van der Waals surface area contributed by atoms with Crippen molar-refractivity contribution < 1.29 is 27.7 Å². The molecule has 0 saturated heterocycles. The minimum atomic E-state index is -3.87. The lowest BCUT2D eigenvalue weighted by molar-refractivity contribution is -0.384. The summed E-state index contributed by atoms with van der Waals surface area (Å²) in [5.41, 5.74) is 1.43. The van der Waals surface area contributed by atoms with Gasteiger partial charge in [-0.2, -0.15) is 0 Å². The minimum absolute atomic E-state index is 0.0451. The van der Waals surface area contributed by atoms with E-state index in [0.29, 0.717) is 11.4 Å². The molecule has 10 nitrogen and oxygen atoms in total. The Balaban J connectivity index is 1.62. The molecular weight excluding hydrogens is 462 g/mol. The largest absolute Gasteiger partial charge is 0.449 e. The van der Waals surface area contributed by atoms with Gasteiger partial charge in [0.15, 0.2) is 6.10 Å². The number of esters is 1. The van der Waals surface area contributed by atoms with Gasteiger partial charge >= 0.3 is 5.97 Å². The van der Waals surface area contributed by atoms with Crippen molar-refractivity contribution in [1.29, 1.82) is 0 Å². The summed E-state index contributed by atoms with van der Waals surface area (Å²) in [5.74, 6) is -1.45. The number of carbonyl (C=O) groups is 2. The Morgan fingerprint density at radius 1 is 0.971 bits per heavy atom. The van der Waals surface area contributed by atoms with Crippen LogP contribution in [0, 0.1) is 17.0 Å². The number of sulfonamides is 1. The molecule has 0 aliphatic rings. The average Bonchev–Trinajstić information content (AvgIpc) is 2.80. The Bertz CT molecular complexity index is 1320. The molecule has 176 valence electrons. The van der Waals surface area contributed by atoms with Gasteiger partial charge in [-0.3, -0.25) is 19.6 Å². The number of nitrogens with zero attached hydrogens (tertiary/aromatic N) is 1. The van der Waals surface area contributed by atoms with Crippen LogP contribution in [-0.2, 0) is 19.6 Å². The lowest BCUT2D eigenvalue weighted by Gasteiger charge is -2.14.